The molecule has 1 aliphatic heterocycles. The van der Waals surface area contributed by atoms with Crippen LogP contribution in [0.5, 0.6) is 11.5 Å². The number of hydrogen-bond acceptors (Lipinski definition) is 11. The minimum Gasteiger partial charge on any atom is -0.497 e. The lowest BCUT2D eigenvalue weighted by Crippen LogP contribution is -2.52. The molecule has 0 spiro atoms. The standard InChI is InChI=1S/C41H52N2O10S/c1-26(2)51-41(52-27(3)4,53-28(5)6)43-35(44)23-24-42(39(43)54)38-37(48-9)36(45)34(50-38)25-49-40(29-13-11-10-12-14-29,30-15-19-32(46-7)20-16-30)31-17-21-33(47-8)22-18-31/h10-24,26-28,34,36-38,45H,25H2,1-9H3/t34-,36-,37-,38-/m1/s1. The molecule has 0 radical (unpaired) electrons. The van der Waals surface area contributed by atoms with Crippen LogP contribution in [0, 0.1) is 4.77 Å². The quantitative estimate of drug-likeness (QED) is 0.0719. The molecule has 292 valence electrons. The molecule has 0 bridgehead atoms. The summed E-state index contributed by atoms with van der Waals surface area (Å²) in [6.07, 6.45) is -5.73. The van der Waals surface area contributed by atoms with Crippen molar-refractivity contribution in [3.8, 4) is 11.5 Å². The third-order valence-corrected chi connectivity index (χ3v) is 9.33. The van der Waals surface area contributed by atoms with E-state index in [1.165, 1.54) is 23.9 Å². The molecule has 1 N–H and O–H groups in total. The van der Waals surface area contributed by atoms with Gasteiger partial charge in [0, 0.05) is 19.4 Å². The van der Waals surface area contributed by atoms with E-state index in [2.05, 4.69) is 0 Å². The molecule has 0 unspecified atom stereocenters. The molecular weight excluding hydrogens is 713 g/mol. The van der Waals surface area contributed by atoms with Gasteiger partial charge >= 0.3 is 6.10 Å². The van der Waals surface area contributed by atoms with Gasteiger partial charge in [-0.2, -0.15) is 0 Å². The number of aromatic nitrogens is 2. The van der Waals surface area contributed by atoms with Gasteiger partial charge in [-0.3, -0.25) is 9.36 Å². The SMILES string of the molecule is COc1ccc(C(OC[C@H]2O[C@@H](n3ccc(=O)n(C(OC(C)C)(OC(C)C)OC(C)C)c3=S)[C@H](OC)[C@@H]2O)(c2ccccc2)c2ccc(OC)cc2)cc1. The molecule has 3 aromatic carbocycles. The molecule has 2 heterocycles. The van der Waals surface area contributed by atoms with Gasteiger partial charge in [0.05, 0.1) is 39.1 Å². The summed E-state index contributed by atoms with van der Waals surface area (Å²) in [5.41, 5.74) is 0.802. The fourth-order valence-corrected chi connectivity index (χ4v) is 7.06. The summed E-state index contributed by atoms with van der Waals surface area (Å²) in [6.45, 7) is 10.8. The zero-order valence-corrected chi connectivity index (χ0v) is 33.1. The normalized spacial score (nSPS) is 19.2. The van der Waals surface area contributed by atoms with Crippen LogP contribution in [0.2, 0.25) is 0 Å². The molecule has 0 aliphatic carbocycles. The smallest absolute Gasteiger partial charge is 0.386 e. The van der Waals surface area contributed by atoms with Crippen LogP contribution in [-0.4, -0.2) is 78.8 Å². The van der Waals surface area contributed by atoms with Crippen molar-refractivity contribution in [3.63, 3.8) is 0 Å². The number of aliphatic hydroxyl groups excluding tert-OH is 1. The number of hydrogen-bond donors (Lipinski definition) is 1. The van der Waals surface area contributed by atoms with Gasteiger partial charge in [0.15, 0.2) is 11.0 Å². The van der Waals surface area contributed by atoms with Crippen molar-refractivity contribution in [3.05, 3.63) is 123 Å². The second-order valence-corrected chi connectivity index (χ2v) is 14.1. The lowest BCUT2D eigenvalue weighted by Gasteiger charge is -2.38. The minimum atomic E-state index is -2.00. The lowest BCUT2D eigenvalue weighted by atomic mass is 9.80. The van der Waals surface area contributed by atoms with Crippen molar-refractivity contribution in [2.75, 3.05) is 27.9 Å². The van der Waals surface area contributed by atoms with E-state index < -0.39 is 60.1 Å². The van der Waals surface area contributed by atoms with Crippen LogP contribution in [0.3, 0.4) is 0 Å². The average Bonchev–Trinajstić information content (AvgIpc) is 3.46. The predicted octanol–water partition coefficient (Wildman–Crippen LogP) is 6.52. The van der Waals surface area contributed by atoms with Crippen LogP contribution in [0.15, 0.2) is 95.9 Å². The van der Waals surface area contributed by atoms with Crippen LogP contribution in [0.4, 0.5) is 0 Å². The first kappa shape index (κ1) is 41.2. The van der Waals surface area contributed by atoms with Gasteiger partial charge in [-0.25, -0.2) is 4.57 Å². The van der Waals surface area contributed by atoms with Crippen LogP contribution in [0.25, 0.3) is 0 Å². The Morgan fingerprint density at radius 2 is 1.22 bits per heavy atom. The number of ether oxygens (including phenoxy) is 8. The Hall–Kier alpha value is -3.92. The van der Waals surface area contributed by atoms with Crippen molar-refractivity contribution < 1.29 is 43.0 Å². The Labute approximate surface area is 322 Å². The lowest BCUT2D eigenvalue weighted by molar-refractivity contribution is -0.464. The van der Waals surface area contributed by atoms with E-state index in [4.69, 9.17) is 50.1 Å². The Morgan fingerprint density at radius 1 is 0.741 bits per heavy atom. The maximum absolute atomic E-state index is 13.7. The highest BCUT2D eigenvalue weighted by Crippen LogP contribution is 2.43. The van der Waals surface area contributed by atoms with Crippen LogP contribution < -0.4 is 15.0 Å². The molecule has 1 fully saturated rings. The summed E-state index contributed by atoms with van der Waals surface area (Å²) in [5.74, 6) is 1.38. The second-order valence-electron chi connectivity index (χ2n) is 13.8. The van der Waals surface area contributed by atoms with Gasteiger partial charge in [0.25, 0.3) is 5.56 Å². The van der Waals surface area contributed by atoms with Crippen molar-refractivity contribution in [1.82, 2.24) is 9.13 Å². The van der Waals surface area contributed by atoms with Gasteiger partial charge in [0.2, 0.25) is 0 Å². The van der Waals surface area contributed by atoms with E-state index in [-0.39, 0.29) is 11.4 Å². The van der Waals surface area contributed by atoms with Crippen molar-refractivity contribution in [1.29, 1.82) is 0 Å². The molecule has 1 aromatic heterocycles. The Kier molecular flexibility index (Phi) is 13.5. The number of methoxy groups -OCH3 is 3. The van der Waals surface area contributed by atoms with Gasteiger partial charge in [-0.1, -0.05) is 54.6 Å². The zero-order valence-electron chi connectivity index (χ0n) is 32.3. The average molecular weight is 765 g/mol. The van der Waals surface area contributed by atoms with Crippen LogP contribution >= 0.6 is 12.2 Å². The van der Waals surface area contributed by atoms with Crippen LogP contribution in [-0.2, 0) is 40.1 Å². The van der Waals surface area contributed by atoms with Gasteiger partial charge in [-0.05, 0) is 94.7 Å². The fraction of sp³-hybridized carbons (Fsp3) is 0.463. The van der Waals surface area contributed by atoms with E-state index in [1.54, 1.807) is 14.2 Å². The first-order chi connectivity index (χ1) is 25.8. The van der Waals surface area contributed by atoms with Crippen molar-refractivity contribution in [2.24, 2.45) is 0 Å². The summed E-state index contributed by atoms with van der Waals surface area (Å²) < 4.78 is 51.8. The monoisotopic (exact) mass is 764 g/mol. The van der Waals surface area contributed by atoms with Crippen molar-refractivity contribution >= 4 is 12.2 Å². The summed E-state index contributed by atoms with van der Waals surface area (Å²) in [7, 11) is 4.71. The van der Waals surface area contributed by atoms with Gasteiger partial charge in [0.1, 0.15) is 35.4 Å². The van der Waals surface area contributed by atoms with Crippen LogP contribution in [0.1, 0.15) is 64.5 Å². The number of aliphatic hydroxyl groups is 1. The van der Waals surface area contributed by atoms with E-state index in [0.717, 1.165) is 21.3 Å². The third kappa shape index (κ3) is 8.48. The molecule has 5 rings (SSSR count). The molecule has 12 nitrogen and oxygen atoms in total. The maximum atomic E-state index is 13.7. The first-order valence-corrected chi connectivity index (χ1v) is 18.4. The third-order valence-electron chi connectivity index (χ3n) is 8.93. The molecule has 0 saturated carbocycles. The molecular formula is C41H52N2O10S. The number of nitrogens with zero attached hydrogens (tertiary/aromatic N) is 2. The number of rotatable bonds is 17. The van der Waals surface area contributed by atoms with E-state index in [9.17, 15) is 9.90 Å². The topological polar surface area (TPSA) is 121 Å². The highest BCUT2D eigenvalue weighted by Gasteiger charge is 2.49. The van der Waals surface area contributed by atoms with Gasteiger partial charge in [-0.15, -0.1) is 0 Å². The first-order valence-electron chi connectivity index (χ1n) is 18.0. The van der Waals surface area contributed by atoms with E-state index >= 15 is 0 Å². The Bertz CT molecular complexity index is 1840. The summed E-state index contributed by atoms with van der Waals surface area (Å²) in [4.78, 5) is 13.7. The Morgan fingerprint density at radius 3 is 1.67 bits per heavy atom. The zero-order chi connectivity index (χ0) is 39.2. The molecule has 13 heteroatoms. The van der Waals surface area contributed by atoms with E-state index in [1.807, 2.05) is 120 Å². The molecule has 54 heavy (non-hydrogen) atoms. The highest BCUT2D eigenvalue weighted by atomic mass is 32.1. The predicted molar refractivity (Wildman–Crippen MR) is 205 cm³/mol. The maximum Gasteiger partial charge on any atom is 0.386 e. The fourth-order valence-electron chi connectivity index (χ4n) is 6.69. The van der Waals surface area contributed by atoms with E-state index in [0.29, 0.717) is 11.5 Å². The summed E-state index contributed by atoms with van der Waals surface area (Å²) in [5, 5.41) is 11.8. The minimum absolute atomic E-state index is 0.0274. The summed E-state index contributed by atoms with van der Waals surface area (Å²) in [6, 6.07) is 26.5. The highest BCUT2D eigenvalue weighted by molar-refractivity contribution is 7.71. The largest absolute Gasteiger partial charge is 0.497 e. The molecule has 4 atom stereocenters. The summed E-state index contributed by atoms with van der Waals surface area (Å²) >= 11 is 5.97. The molecule has 1 aliphatic rings. The van der Waals surface area contributed by atoms with Crippen molar-refractivity contribution in [2.45, 2.75) is 96.1 Å². The van der Waals surface area contributed by atoms with Gasteiger partial charge < -0.3 is 43.0 Å². The number of benzene rings is 3. The molecule has 1 saturated heterocycles. The second kappa shape index (κ2) is 17.7. The Balaban J connectivity index is 1.59. The molecule has 4 aromatic rings. The molecule has 0 amide bonds.